The van der Waals surface area contributed by atoms with Gasteiger partial charge in [-0.15, -0.1) is 0 Å². The number of hydrogen-bond acceptors (Lipinski definition) is 2. The molecular weight excluding hydrogens is 493 g/mol. The Bertz CT molecular complexity index is 1430. The van der Waals surface area contributed by atoms with E-state index >= 15 is 0 Å². The van der Waals surface area contributed by atoms with Gasteiger partial charge in [0.15, 0.2) is 0 Å². The second-order valence-electron chi connectivity index (χ2n) is 12.0. The lowest BCUT2D eigenvalue weighted by Crippen LogP contribution is -2.20. The van der Waals surface area contributed by atoms with Gasteiger partial charge in [-0.1, -0.05) is 139 Å². The minimum atomic E-state index is -0.787. The van der Waals surface area contributed by atoms with Crippen molar-refractivity contribution >= 4 is 41.0 Å². The number of hydrogen-bond donors (Lipinski definition) is 1. The largest absolute Gasteiger partial charge is 0.507 e. The van der Waals surface area contributed by atoms with Crippen molar-refractivity contribution in [3.63, 3.8) is 0 Å². The third-order valence-corrected chi connectivity index (χ3v) is 9.25. The van der Waals surface area contributed by atoms with E-state index < -0.39 is 7.92 Å². The van der Waals surface area contributed by atoms with Gasteiger partial charge < -0.3 is 5.11 Å². The van der Waals surface area contributed by atoms with Crippen LogP contribution in [0.25, 0.3) is 5.76 Å². The molecule has 0 saturated carbocycles. The molecule has 0 saturated heterocycles. The van der Waals surface area contributed by atoms with Gasteiger partial charge in [0.1, 0.15) is 5.76 Å². The van der Waals surface area contributed by atoms with Gasteiger partial charge in [-0.2, -0.15) is 0 Å². The van der Waals surface area contributed by atoms with Crippen LogP contribution < -0.4 is 15.9 Å². The fraction of sp³-hybridized carbons (Fsp3) is 0.250. The summed E-state index contributed by atoms with van der Waals surface area (Å²) in [6, 6.07) is 36.1. The van der Waals surface area contributed by atoms with Crippen molar-refractivity contribution in [3.05, 3.63) is 126 Å². The predicted octanol–water partition coefficient (Wildman–Crippen LogP) is 8.73. The Morgan fingerprint density at radius 3 is 1.77 bits per heavy atom. The highest BCUT2D eigenvalue weighted by molar-refractivity contribution is 7.80. The van der Waals surface area contributed by atoms with Gasteiger partial charge in [0.2, 0.25) is 0 Å². The molecule has 200 valence electrons. The Balaban J connectivity index is 1.78. The first-order chi connectivity index (χ1) is 18.4. The lowest BCUT2D eigenvalue weighted by molar-refractivity contribution is 0.504. The highest BCUT2D eigenvalue weighted by atomic mass is 31.1. The molecule has 1 N–H and O–H groups in total. The van der Waals surface area contributed by atoms with E-state index in [-0.39, 0.29) is 16.6 Å². The van der Waals surface area contributed by atoms with Gasteiger partial charge in [-0.05, 0) is 53.5 Å². The predicted molar refractivity (Wildman–Crippen MR) is 172 cm³/mol. The fourth-order valence-corrected chi connectivity index (χ4v) is 7.07. The standard InChI is InChI=1S/C36H40NOP/c1-26(24-33(38)30-23-22-27(35(2,3)4)25-31(30)36(5,6)7)37-32-20-14-15-21-34(32)39(28-16-10-8-11-17-28)29-18-12-9-13-19-29/h8-25,38H,1-7H3/b33-24-,37-26+. The van der Waals surface area contributed by atoms with Gasteiger partial charge in [-0.3, -0.25) is 4.99 Å². The number of rotatable bonds is 6. The third kappa shape index (κ3) is 6.94. The first-order valence-electron chi connectivity index (χ1n) is 13.6. The molecule has 4 rings (SSSR count). The van der Waals surface area contributed by atoms with E-state index in [1.807, 2.05) is 13.0 Å². The average Bonchev–Trinajstić information content (AvgIpc) is 2.89. The third-order valence-electron chi connectivity index (χ3n) is 6.76. The number of allylic oxidation sites excluding steroid dienone is 1. The van der Waals surface area contributed by atoms with Gasteiger partial charge in [-0.25, -0.2) is 0 Å². The normalized spacial score (nSPS) is 13.1. The summed E-state index contributed by atoms with van der Waals surface area (Å²) >= 11 is 0. The minimum Gasteiger partial charge on any atom is -0.507 e. The van der Waals surface area contributed by atoms with Gasteiger partial charge in [0.05, 0.1) is 5.69 Å². The molecule has 2 nitrogen and oxygen atoms in total. The molecule has 0 bridgehead atoms. The maximum absolute atomic E-state index is 11.3. The molecule has 0 aliphatic rings. The summed E-state index contributed by atoms with van der Waals surface area (Å²) in [6.45, 7) is 15.2. The van der Waals surface area contributed by atoms with Crippen molar-refractivity contribution in [2.45, 2.75) is 59.3 Å². The van der Waals surface area contributed by atoms with Crippen molar-refractivity contribution < 1.29 is 5.11 Å². The molecule has 4 aromatic rings. The van der Waals surface area contributed by atoms with E-state index in [0.29, 0.717) is 0 Å². The Morgan fingerprint density at radius 1 is 0.692 bits per heavy atom. The van der Waals surface area contributed by atoms with E-state index in [2.05, 4.69) is 139 Å². The van der Waals surface area contributed by atoms with E-state index in [1.165, 1.54) is 21.5 Å². The lowest BCUT2D eigenvalue weighted by atomic mass is 9.78. The van der Waals surface area contributed by atoms with E-state index in [4.69, 9.17) is 4.99 Å². The van der Waals surface area contributed by atoms with Crippen LogP contribution in [0.4, 0.5) is 5.69 Å². The molecule has 39 heavy (non-hydrogen) atoms. The summed E-state index contributed by atoms with van der Waals surface area (Å²) in [4.78, 5) is 5.04. The van der Waals surface area contributed by atoms with Gasteiger partial charge in [0, 0.05) is 22.7 Å². The molecular formula is C36H40NOP. The van der Waals surface area contributed by atoms with Crippen LogP contribution in [0.5, 0.6) is 0 Å². The Labute approximate surface area is 235 Å². The molecule has 0 spiro atoms. The van der Waals surface area contributed by atoms with Gasteiger partial charge in [0.25, 0.3) is 0 Å². The first kappa shape index (κ1) is 28.5. The monoisotopic (exact) mass is 533 g/mol. The molecule has 0 aromatic heterocycles. The molecule has 0 fully saturated rings. The Morgan fingerprint density at radius 2 is 1.23 bits per heavy atom. The van der Waals surface area contributed by atoms with Crippen LogP contribution in [0, 0.1) is 0 Å². The molecule has 3 heteroatoms. The first-order valence-corrected chi connectivity index (χ1v) is 14.9. The van der Waals surface area contributed by atoms with Crippen LogP contribution in [0.3, 0.4) is 0 Å². The van der Waals surface area contributed by atoms with Gasteiger partial charge >= 0.3 is 0 Å². The number of nitrogens with zero attached hydrogens (tertiary/aromatic N) is 1. The maximum atomic E-state index is 11.3. The van der Waals surface area contributed by atoms with E-state index in [9.17, 15) is 5.11 Å². The highest BCUT2D eigenvalue weighted by Gasteiger charge is 2.24. The molecule has 0 radical (unpaired) electrons. The zero-order valence-electron chi connectivity index (χ0n) is 24.2. The molecule has 0 heterocycles. The molecule has 0 unspecified atom stereocenters. The van der Waals surface area contributed by atoms with Crippen LogP contribution in [-0.4, -0.2) is 10.8 Å². The quantitative estimate of drug-likeness (QED) is 0.150. The summed E-state index contributed by atoms with van der Waals surface area (Å²) in [7, 11) is -0.787. The number of aliphatic imine (C=N–C) groups is 1. The van der Waals surface area contributed by atoms with Crippen molar-refractivity contribution in [2.24, 2.45) is 4.99 Å². The summed E-state index contributed by atoms with van der Waals surface area (Å²) in [6.07, 6.45) is 1.80. The van der Waals surface area contributed by atoms with Crippen molar-refractivity contribution in [3.8, 4) is 0 Å². The number of aliphatic hydroxyl groups is 1. The Hall–Kier alpha value is -3.48. The van der Waals surface area contributed by atoms with Crippen LogP contribution >= 0.6 is 7.92 Å². The van der Waals surface area contributed by atoms with Crippen LogP contribution in [0.15, 0.2) is 114 Å². The van der Waals surface area contributed by atoms with Crippen molar-refractivity contribution in [2.75, 3.05) is 0 Å². The summed E-state index contributed by atoms with van der Waals surface area (Å²) in [5.74, 6) is 0.243. The summed E-state index contributed by atoms with van der Waals surface area (Å²) in [5.41, 5.74) is 4.86. The van der Waals surface area contributed by atoms with Crippen LogP contribution in [0.1, 0.15) is 65.2 Å². The molecule has 0 atom stereocenters. The Kier molecular flexibility index (Phi) is 8.57. The fourth-order valence-electron chi connectivity index (χ4n) is 4.68. The molecule has 0 aliphatic carbocycles. The smallest absolute Gasteiger partial charge is 0.124 e. The zero-order chi connectivity index (χ0) is 28.2. The number of benzene rings is 4. The van der Waals surface area contributed by atoms with E-state index in [1.54, 1.807) is 6.08 Å². The number of para-hydroxylation sites is 1. The van der Waals surface area contributed by atoms with Crippen LogP contribution in [-0.2, 0) is 10.8 Å². The maximum Gasteiger partial charge on any atom is 0.124 e. The molecule has 4 aromatic carbocycles. The summed E-state index contributed by atoms with van der Waals surface area (Å²) in [5, 5.41) is 15.1. The average molecular weight is 534 g/mol. The molecule has 0 amide bonds. The SMILES string of the molecule is CC(/C=C(\O)c1ccc(C(C)(C)C)cc1C(C)(C)C)=N\c1ccccc1P(c1ccccc1)c1ccccc1. The topological polar surface area (TPSA) is 32.6 Å². The van der Waals surface area contributed by atoms with Crippen molar-refractivity contribution in [1.29, 1.82) is 0 Å². The highest BCUT2D eigenvalue weighted by Crippen LogP contribution is 2.37. The lowest BCUT2D eigenvalue weighted by Gasteiger charge is -2.27. The molecule has 0 aliphatic heterocycles. The second kappa shape index (κ2) is 11.7. The summed E-state index contributed by atoms with van der Waals surface area (Å²) < 4.78 is 0. The van der Waals surface area contributed by atoms with E-state index in [0.717, 1.165) is 22.5 Å². The second-order valence-corrected chi connectivity index (χ2v) is 14.2. The number of aliphatic hydroxyl groups excluding tert-OH is 1. The zero-order valence-corrected chi connectivity index (χ0v) is 25.1. The minimum absolute atomic E-state index is 0.0365. The van der Waals surface area contributed by atoms with Crippen molar-refractivity contribution in [1.82, 2.24) is 0 Å². The van der Waals surface area contributed by atoms with Crippen LogP contribution in [0.2, 0.25) is 0 Å².